The van der Waals surface area contributed by atoms with Gasteiger partial charge in [0.15, 0.2) is 0 Å². The van der Waals surface area contributed by atoms with Crippen molar-refractivity contribution < 1.29 is 18.7 Å². The molecule has 0 saturated carbocycles. The largest absolute Gasteiger partial charge is 0.493 e. The first-order valence-corrected chi connectivity index (χ1v) is 8.12. The third kappa shape index (κ3) is 3.79. The van der Waals surface area contributed by atoms with Crippen LogP contribution in [0.2, 0.25) is 0 Å². The van der Waals surface area contributed by atoms with Crippen molar-refractivity contribution in [1.82, 2.24) is 5.43 Å². The van der Waals surface area contributed by atoms with E-state index in [1.165, 1.54) is 24.4 Å². The molecule has 25 heavy (non-hydrogen) atoms. The molecule has 5 nitrogen and oxygen atoms in total. The fourth-order valence-electron chi connectivity index (χ4n) is 2.70. The van der Waals surface area contributed by atoms with E-state index >= 15 is 0 Å². The Morgan fingerprint density at radius 3 is 3.00 bits per heavy atom. The second-order valence-electron chi connectivity index (χ2n) is 5.74. The molecule has 2 aromatic carbocycles. The highest BCUT2D eigenvalue weighted by Gasteiger charge is 2.21. The molecule has 6 heteroatoms. The normalized spacial score (nSPS) is 15.7. The summed E-state index contributed by atoms with van der Waals surface area (Å²) in [6.07, 6.45) is 2.42. The molecule has 3 rings (SSSR count). The Balaban J connectivity index is 1.78. The quantitative estimate of drug-likeness (QED) is 0.670. The number of rotatable bonds is 5. The molecule has 0 fully saturated rings. The monoisotopic (exact) mass is 342 g/mol. The van der Waals surface area contributed by atoms with Crippen LogP contribution in [0.15, 0.2) is 41.5 Å². The minimum atomic E-state index is -0.613. The lowest BCUT2D eigenvalue weighted by Crippen LogP contribution is -2.19. The molecular formula is C19H19FN2O3. The lowest BCUT2D eigenvalue weighted by molar-refractivity contribution is 0.0951. The van der Waals surface area contributed by atoms with Crippen LogP contribution in [0, 0.1) is 5.82 Å². The van der Waals surface area contributed by atoms with E-state index in [-0.39, 0.29) is 11.7 Å². The molecule has 1 atom stereocenters. The molecule has 0 radical (unpaired) electrons. The second-order valence-corrected chi connectivity index (χ2v) is 5.74. The first-order valence-electron chi connectivity index (χ1n) is 8.12. The lowest BCUT2D eigenvalue weighted by atomic mass is 10.1. The molecule has 0 bridgehead atoms. The molecule has 2 aromatic rings. The second kappa shape index (κ2) is 7.34. The Labute approximate surface area is 145 Å². The highest BCUT2D eigenvalue weighted by atomic mass is 19.1. The molecule has 1 aliphatic rings. The van der Waals surface area contributed by atoms with Gasteiger partial charge in [0.25, 0.3) is 5.91 Å². The van der Waals surface area contributed by atoms with Crippen molar-refractivity contribution in [3.05, 3.63) is 58.9 Å². The third-order valence-corrected chi connectivity index (χ3v) is 3.82. The van der Waals surface area contributed by atoms with E-state index in [1.54, 1.807) is 6.07 Å². The number of nitrogens with one attached hydrogen (secondary N) is 1. The number of carbonyl (C=O) groups excluding carboxylic acids is 1. The average molecular weight is 342 g/mol. The van der Waals surface area contributed by atoms with Gasteiger partial charge >= 0.3 is 0 Å². The van der Waals surface area contributed by atoms with Crippen molar-refractivity contribution >= 4 is 12.1 Å². The molecule has 0 spiro atoms. The summed E-state index contributed by atoms with van der Waals surface area (Å²) in [7, 11) is 0. The molecule has 0 unspecified atom stereocenters. The fraction of sp³-hybridized carbons (Fsp3) is 0.263. The number of fused-ring (bicyclic) bond motifs is 1. The van der Waals surface area contributed by atoms with Crippen molar-refractivity contribution in [2.75, 3.05) is 6.61 Å². The first kappa shape index (κ1) is 17.0. The van der Waals surface area contributed by atoms with Crippen LogP contribution >= 0.6 is 0 Å². The van der Waals surface area contributed by atoms with Crippen LogP contribution in [-0.4, -0.2) is 24.8 Å². The molecule has 1 amide bonds. The van der Waals surface area contributed by atoms with E-state index < -0.39 is 11.7 Å². The summed E-state index contributed by atoms with van der Waals surface area (Å²) in [5.41, 5.74) is 4.04. The number of hydrogen-bond acceptors (Lipinski definition) is 4. The van der Waals surface area contributed by atoms with Gasteiger partial charge in [-0.15, -0.1) is 0 Å². The molecule has 1 N–H and O–H groups in total. The summed E-state index contributed by atoms with van der Waals surface area (Å²) in [4.78, 5) is 12.0. The SMILES string of the molecule is CCOc1cc2c(cc1/C=N\NC(=O)c1ccccc1F)O[C@H](C)C2. The van der Waals surface area contributed by atoms with Gasteiger partial charge in [-0.25, -0.2) is 9.82 Å². The van der Waals surface area contributed by atoms with E-state index in [1.807, 2.05) is 26.0 Å². The van der Waals surface area contributed by atoms with E-state index in [4.69, 9.17) is 9.47 Å². The Bertz CT molecular complexity index is 820. The van der Waals surface area contributed by atoms with Crippen LogP contribution in [0.5, 0.6) is 11.5 Å². The Hall–Kier alpha value is -2.89. The smallest absolute Gasteiger partial charge is 0.274 e. The number of amides is 1. The van der Waals surface area contributed by atoms with Gasteiger partial charge in [0, 0.05) is 17.5 Å². The van der Waals surface area contributed by atoms with Crippen molar-refractivity contribution in [1.29, 1.82) is 0 Å². The zero-order chi connectivity index (χ0) is 17.8. The van der Waals surface area contributed by atoms with Crippen LogP contribution in [0.4, 0.5) is 4.39 Å². The zero-order valence-corrected chi connectivity index (χ0v) is 14.1. The highest BCUT2D eigenvalue weighted by molar-refractivity contribution is 5.95. The van der Waals surface area contributed by atoms with Gasteiger partial charge in [-0.1, -0.05) is 12.1 Å². The lowest BCUT2D eigenvalue weighted by Gasteiger charge is -2.09. The number of benzene rings is 2. The van der Waals surface area contributed by atoms with Gasteiger partial charge in [-0.2, -0.15) is 5.10 Å². The predicted molar refractivity (Wildman–Crippen MR) is 92.9 cm³/mol. The van der Waals surface area contributed by atoms with Crippen molar-refractivity contribution in [3.63, 3.8) is 0 Å². The first-order chi connectivity index (χ1) is 12.1. The van der Waals surface area contributed by atoms with E-state index in [9.17, 15) is 9.18 Å². The summed E-state index contributed by atoms with van der Waals surface area (Å²) < 4.78 is 25.0. The molecule has 1 heterocycles. The summed E-state index contributed by atoms with van der Waals surface area (Å²) in [5, 5.41) is 3.92. The van der Waals surface area contributed by atoms with Crippen molar-refractivity contribution in [2.24, 2.45) is 5.10 Å². The summed E-state index contributed by atoms with van der Waals surface area (Å²) in [5.74, 6) is 0.254. The molecule has 0 saturated heterocycles. The summed E-state index contributed by atoms with van der Waals surface area (Å²) >= 11 is 0. The van der Waals surface area contributed by atoms with Gasteiger partial charge < -0.3 is 9.47 Å². The number of hydrazone groups is 1. The van der Waals surface area contributed by atoms with Gasteiger partial charge in [-0.3, -0.25) is 4.79 Å². The predicted octanol–water partition coefficient (Wildman–Crippen LogP) is 3.31. The average Bonchev–Trinajstić information content (AvgIpc) is 2.94. The number of halogens is 1. The van der Waals surface area contributed by atoms with Gasteiger partial charge in [0.1, 0.15) is 23.4 Å². The maximum Gasteiger partial charge on any atom is 0.274 e. The summed E-state index contributed by atoms with van der Waals surface area (Å²) in [6, 6.07) is 9.51. The number of ether oxygens (including phenoxy) is 2. The molecular weight excluding hydrogens is 323 g/mol. The van der Waals surface area contributed by atoms with Crippen LogP contribution in [0.3, 0.4) is 0 Å². The molecule has 0 aromatic heterocycles. The number of carbonyl (C=O) groups is 1. The maximum absolute atomic E-state index is 13.6. The van der Waals surface area contributed by atoms with E-state index in [0.717, 1.165) is 17.7 Å². The van der Waals surface area contributed by atoms with E-state index in [2.05, 4.69) is 10.5 Å². The standard InChI is InChI=1S/C19H19FN2O3/c1-3-24-17-9-13-8-12(2)25-18(13)10-14(17)11-21-22-19(23)15-6-4-5-7-16(15)20/h4-7,9-12H,3,8H2,1-2H3,(H,22,23)/b21-11-/t12-/m1/s1. The molecule has 130 valence electrons. The van der Waals surface area contributed by atoms with Crippen molar-refractivity contribution in [2.45, 2.75) is 26.4 Å². The van der Waals surface area contributed by atoms with Crippen LogP contribution < -0.4 is 14.9 Å². The molecule has 1 aliphatic heterocycles. The third-order valence-electron chi connectivity index (χ3n) is 3.82. The fourth-order valence-corrected chi connectivity index (χ4v) is 2.70. The van der Waals surface area contributed by atoms with Crippen LogP contribution in [-0.2, 0) is 6.42 Å². The molecule has 0 aliphatic carbocycles. The highest BCUT2D eigenvalue weighted by Crippen LogP contribution is 2.34. The minimum absolute atomic E-state index is 0.0595. The minimum Gasteiger partial charge on any atom is -0.493 e. The number of hydrogen-bond donors (Lipinski definition) is 1. The summed E-state index contributed by atoms with van der Waals surface area (Å²) in [6.45, 7) is 4.41. The maximum atomic E-state index is 13.6. The Morgan fingerprint density at radius 1 is 1.44 bits per heavy atom. The Kier molecular flexibility index (Phi) is 4.97. The van der Waals surface area contributed by atoms with Gasteiger partial charge in [0.2, 0.25) is 0 Å². The number of nitrogens with zero attached hydrogens (tertiary/aromatic N) is 1. The van der Waals surface area contributed by atoms with Crippen molar-refractivity contribution in [3.8, 4) is 11.5 Å². The zero-order valence-electron chi connectivity index (χ0n) is 14.1. The topological polar surface area (TPSA) is 59.9 Å². The van der Waals surface area contributed by atoms with E-state index in [0.29, 0.717) is 17.9 Å². The van der Waals surface area contributed by atoms with Gasteiger partial charge in [0.05, 0.1) is 18.4 Å². The Morgan fingerprint density at radius 2 is 2.24 bits per heavy atom. The van der Waals surface area contributed by atoms with Gasteiger partial charge in [-0.05, 0) is 38.1 Å². The van der Waals surface area contributed by atoms with Crippen LogP contribution in [0.1, 0.15) is 35.3 Å². The van der Waals surface area contributed by atoms with Crippen LogP contribution in [0.25, 0.3) is 0 Å².